The molecule has 42 heavy (non-hydrogen) atoms. The third-order valence-electron chi connectivity index (χ3n) is 8.46. The minimum Gasteiger partial charge on any atom is -0.435 e. The Balaban J connectivity index is 1.11. The van der Waals surface area contributed by atoms with E-state index in [1.807, 2.05) is 12.1 Å². The normalized spacial score (nSPS) is 21.7. The number of halogens is 2. The number of likely N-dealkylation sites (tertiary alicyclic amines) is 1. The van der Waals surface area contributed by atoms with Crippen LogP contribution in [0.3, 0.4) is 0 Å². The summed E-state index contributed by atoms with van der Waals surface area (Å²) in [5.74, 6) is -3.81. The summed E-state index contributed by atoms with van der Waals surface area (Å²) in [6, 6.07) is 12.5. The van der Waals surface area contributed by atoms with Crippen LogP contribution in [0, 0.1) is 5.92 Å². The number of fused-ring (bicyclic) bond motifs is 1. The van der Waals surface area contributed by atoms with Crippen LogP contribution >= 0.6 is 0 Å². The Kier molecular flexibility index (Phi) is 7.17. The number of aromatic amines is 1. The topological polar surface area (TPSA) is 139 Å². The number of nitrogens with one attached hydrogen (secondary N) is 1. The number of benzene rings is 1. The molecule has 220 valence electrons. The van der Waals surface area contributed by atoms with E-state index in [9.17, 15) is 23.5 Å². The van der Waals surface area contributed by atoms with Crippen LogP contribution < -0.4 is 16.0 Å². The summed E-state index contributed by atoms with van der Waals surface area (Å²) < 4.78 is 35.7. The lowest BCUT2D eigenvalue weighted by Gasteiger charge is -2.42. The number of aromatic nitrogens is 4. The molecule has 10 nitrogen and oxygen atoms in total. The van der Waals surface area contributed by atoms with Crippen LogP contribution in [0.5, 0.6) is 11.6 Å². The van der Waals surface area contributed by atoms with Crippen molar-refractivity contribution in [2.45, 2.75) is 56.1 Å². The lowest BCUT2D eigenvalue weighted by atomic mass is 9.73. The van der Waals surface area contributed by atoms with Gasteiger partial charge in [0.25, 0.3) is 5.56 Å². The second-order valence-electron chi connectivity index (χ2n) is 11.4. The number of anilines is 1. The number of ether oxygens (including phenoxy) is 1. The molecule has 0 unspecified atom stereocenters. The minimum atomic E-state index is -2.81. The van der Waals surface area contributed by atoms with Gasteiger partial charge >= 0.3 is 0 Å². The maximum Gasteiger partial charge on any atom is 0.280 e. The molecule has 1 aliphatic heterocycles. The third-order valence-corrected chi connectivity index (χ3v) is 8.46. The number of carbonyl (C=O) groups excluding carboxylic acids is 1. The van der Waals surface area contributed by atoms with Crippen LogP contribution in [0.4, 0.5) is 14.5 Å². The number of carbonyl (C=O) groups is 1. The van der Waals surface area contributed by atoms with Crippen molar-refractivity contribution in [1.82, 2.24) is 24.4 Å². The Morgan fingerprint density at radius 2 is 1.90 bits per heavy atom. The van der Waals surface area contributed by atoms with E-state index in [-0.39, 0.29) is 69.2 Å². The van der Waals surface area contributed by atoms with Gasteiger partial charge in [0.05, 0.1) is 29.4 Å². The van der Waals surface area contributed by atoms with Crippen molar-refractivity contribution in [3.8, 4) is 11.6 Å². The molecule has 4 aromatic rings. The number of piperidine rings is 1. The Labute approximate surface area is 240 Å². The lowest BCUT2D eigenvalue weighted by molar-refractivity contribution is -0.145. The van der Waals surface area contributed by atoms with Crippen molar-refractivity contribution < 1.29 is 23.4 Å². The number of amides is 1. The van der Waals surface area contributed by atoms with Crippen molar-refractivity contribution in [3.05, 3.63) is 77.1 Å². The number of aliphatic hydroxyl groups is 1. The number of nitrogens with two attached hydrogens (primary N) is 1. The second-order valence-corrected chi connectivity index (χ2v) is 11.4. The van der Waals surface area contributed by atoms with Crippen molar-refractivity contribution >= 4 is 22.6 Å². The van der Waals surface area contributed by atoms with Crippen LogP contribution in [-0.2, 0) is 11.3 Å². The second kappa shape index (κ2) is 10.8. The fraction of sp³-hybridized carbons (Fsp3) is 0.400. The van der Waals surface area contributed by atoms with Gasteiger partial charge in [0, 0.05) is 50.0 Å². The molecule has 12 heteroatoms. The monoisotopic (exact) mass is 578 g/mol. The summed E-state index contributed by atoms with van der Waals surface area (Å²) in [5, 5.41) is 11.3. The summed E-state index contributed by atoms with van der Waals surface area (Å²) in [6.07, 6.45) is 4.37. The standard InChI is InChI=1S/C30H32F2N6O4/c31-30(32)8-6-21(22(15-30)19-4-2-1-3-5-19)27(39)37-12-9-29(41,10-13-37)17-38-18-36-26(25(33)28(38)40)42-20-14-24-23(35-16-20)7-11-34-24/h1-5,7,11,14,16,18,21-22,34,41H,6,8-10,12-13,15,17,33H2/t21-,22+/m1/s1. The molecule has 0 radical (unpaired) electrons. The van der Waals surface area contributed by atoms with Crippen molar-refractivity contribution in [2.24, 2.45) is 5.92 Å². The summed E-state index contributed by atoms with van der Waals surface area (Å²) in [7, 11) is 0. The van der Waals surface area contributed by atoms with Crippen LogP contribution in [0.2, 0.25) is 0 Å². The Hall–Kier alpha value is -4.32. The van der Waals surface area contributed by atoms with Gasteiger partial charge in [0.1, 0.15) is 12.1 Å². The lowest BCUT2D eigenvalue weighted by Crippen LogP contribution is -2.52. The summed E-state index contributed by atoms with van der Waals surface area (Å²) in [4.78, 5) is 39.7. The van der Waals surface area contributed by atoms with E-state index in [4.69, 9.17) is 10.5 Å². The molecule has 4 N–H and O–H groups in total. The first-order valence-electron chi connectivity index (χ1n) is 14.0. The number of pyridine rings is 1. The number of hydrogen-bond donors (Lipinski definition) is 3. The number of nitrogen functional groups attached to an aromatic ring is 1. The fourth-order valence-corrected chi connectivity index (χ4v) is 6.10. The Morgan fingerprint density at radius 1 is 1.14 bits per heavy atom. The van der Waals surface area contributed by atoms with E-state index in [1.165, 1.54) is 17.1 Å². The molecule has 0 bridgehead atoms. The fourth-order valence-electron chi connectivity index (χ4n) is 6.10. The molecule has 1 aliphatic carbocycles. The van der Waals surface area contributed by atoms with Gasteiger partial charge < -0.3 is 25.5 Å². The van der Waals surface area contributed by atoms with Crippen LogP contribution in [0.25, 0.3) is 11.0 Å². The van der Waals surface area contributed by atoms with Crippen molar-refractivity contribution in [3.63, 3.8) is 0 Å². The largest absolute Gasteiger partial charge is 0.435 e. The van der Waals surface area contributed by atoms with E-state index in [2.05, 4.69) is 15.0 Å². The molecule has 3 aromatic heterocycles. The average Bonchev–Trinajstić information content (AvgIpc) is 3.45. The predicted octanol–water partition coefficient (Wildman–Crippen LogP) is 4.07. The SMILES string of the molecule is Nc1c(Oc2cnc3cc[nH]c3c2)ncn(CC2(O)CCN(C(=O)[C@@H]3CCC(F)(F)C[C@H]3c3ccccc3)CC2)c1=O. The highest BCUT2D eigenvalue weighted by atomic mass is 19.3. The van der Waals surface area contributed by atoms with Crippen LogP contribution in [0.15, 0.2) is 66.0 Å². The quantitative estimate of drug-likeness (QED) is 0.314. The molecular formula is C30H32F2N6O4. The maximum atomic E-state index is 14.4. The number of H-pyrrole nitrogens is 1. The zero-order chi connectivity index (χ0) is 29.5. The zero-order valence-corrected chi connectivity index (χ0v) is 22.9. The highest BCUT2D eigenvalue weighted by Gasteiger charge is 2.46. The number of rotatable bonds is 6. The van der Waals surface area contributed by atoms with Gasteiger partial charge in [0.2, 0.25) is 17.7 Å². The molecule has 2 atom stereocenters. The van der Waals surface area contributed by atoms with E-state index in [1.54, 1.807) is 41.4 Å². The first-order chi connectivity index (χ1) is 20.1. The highest BCUT2D eigenvalue weighted by Crippen LogP contribution is 2.46. The van der Waals surface area contributed by atoms with Crippen LogP contribution in [-0.4, -0.2) is 60.0 Å². The number of alkyl halides is 2. The smallest absolute Gasteiger partial charge is 0.280 e. The number of nitrogens with zero attached hydrogens (tertiary/aromatic N) is 4. The summed E-state index contributed by atoms with van der Waals surface area (Å²) in [5.41, 5.74) is 6.26. The van der Waals surface area contributed by atoms with E-state index < -0.39 is 28.9 Å². The first-order valence-corrected chi connectivity index (χ1v) is 14.0. The Bertz CT molecular complexity index is 1650. The van der Waals surface area contributed by atoms with Gasteiger partial charge in [0.15, 0.2) is 5.69 Å². The minimum absolute atomic E-state index is 0.0658. The molecule has 1 saturated heterocycles. The van der Waals surface area contributed by atoms with Gasteiger partial charge in [-0.2, -0.15) is 0 Å². The van der Waals surface area contributed by atoms with E-state index in [0.717, 1.165) is 16.6 Å². The molecular weight excluding hydrogens is 546 g/mol. The van der Waals surface area contributed by atoms with Gasteiger partial charge in [-0.25, -0.2) is 13.8 Å². The van der Waals surface area contributed by atoms with E-state index in [0.29, 0.717) is 5.75 Å². The van der Waals surface area contributed by atoms with Crippen molar-refractivity contribution in [1.29, 1.82) is 0 Å². The Morgan fingerprint density at radius 3 is 2.67 bits per heavy atom. The molecule has 2 aliphatic rings. The predicted molar refractivity (Wildman–Crippen MR) is 151 cm³/mol. The first kappa shape index (κ1) is 27.8. The van der Waals surface area contributed by atoms with Gasteiger partial charge in [-0.1, -0.05) is 30.3 Å². The van der Waals surface area contributed by atoms with Gasteiger partial charge in [-0.05, 0) is 30.9 Å². The maximum absolute atomic E-state index is 14.4. The zero-order valence-electron chi connectivity index (χ0n) is 22.9. The molecule has 1 aromatic carbocycles. The molecule has 6 rings (SSSR count). The van der Waals surface area contributed by atoms with Gasteiger partial charge in [-0.15, -0.1) is 0 Å². The summed E-state index contributed by atoms with van der Waals surface area (Å²) in [6.45, 7) is 0.428. The molecule has 2 fully saturated rings. The molecule has 4 heterocycles. The number of hydrogen-bond acceptors (Lipinski definition) is 7. The third kappa shape index (κ3) is 5.58. The van der Waals surface area contributed by atoms with E-state index >= 15 is 0 Å². The van der Waals surface area contributed by atoms with Crippen LogP contribution in [0.1, 0.15) is 43.6 Å². The highest BCUT2D eigenvalue weighted by molar-refractivity contribution is 5.80. The average molecular weight is 579 g/mol. The van der Waals surface area contributed by atoms with Crippen molar-refractivity contribution in [2.75, 3.05) is 18.8 Å². The van der Waals surface area contributed by atoms with Gasteiger partial charge in [-0.3, -0.25) is 19.1 Å². The molecule has 0 spiro atoms. The molecule has 1 amide bonds. The molecule has 1 saturated carbocycles. The summed E-state index contributed by atoms with van der Waals surface area (Å²) >= 11 is 0.